The second-order valence-corrected chi connectivity index (χ2v) is 4.46. The summed E-state index contributed by atoms with van der Waals surface area (Å²) in [5, 5.41) is 12.9. The van der Waals surface area contributed by atoms with Crippen LogP contribution in [0.2, 0.25) is 0 Å². The summed E-state index contributed by atoms with van der Waals surface area (Å²) >= 11 is 0. The fourth-order valence-electron chi connectivity index (χ4n) is 2.30. The number of pyridine rings is 1. The first-order chi connectivity index (χ1) is 9.93. The maximum atomic E-state index is 4.71. The topological polar surface area (TPSA) is 59.4 Å². The van der Waals surface area contributed by atoms with Gasteiger partial charge in [0, 0.05) is 18.0 Å². The van der Waals surface area contributed by atoms with Crippen molar-refractivity contribution in [3.63, 3.8) is 0 Å². The monoisotopic (exact) mass is 261 g/mol. The fourth-order valence-corrected chi connectivity index (χ4v) is 2.30. The molecule has 0 fully saturated rings. The van der Waals surface area contributed by atoms with Crippen LogP contribution in [0.1, 0.15) is 0 Å². The molecule has 3 heterocycles. The SMILES string of the molecule is c1ccc(-n2nc(-c3ccncc3)c3cn[nH]c32)cc1. The molecule has 0 atom stereocenters. The molecule has 0 saturated carbocycles. The van der Waals surface area contributed by atoms with E-state index in [1.807, 2.05) is 47.1 Å². The molecular formula is C15H11N5. The Kier molecular flexibility index (Phi) is 2.35. The van der Waals surface area contributed by atoms with E-state index in [-0.39, 0.29) is 0 Å². The summed E-state index contributed by atoms with van der Waals surface area (Å²) in [6, 6.07) is 13.9. The highest BCUT2D eigenvalue weighted by Gasteiger charge is 2.14. The zero-order valence-corrected chi connectivity index (χ0v) is 10.6. The highest BCUT2D eigenvalue weighted by Crippen LogP contribution is 2.27. The molecule has 0 spiro atoms. The number of aromatic amines is 1. The zero-order valence-electron chi connectivity index (χ0n) is 10.6. The second-order valence-electron chi connectivity index (χ2n) is 4.46. The van der Waals surface area contributed by atoms with Gasteiger partial charge in [0.2, 0.25) is 0 Å². The Balaban J connectivity index is 1.99. The van der Waals surface area contributed by atoms with Gasteiger partial charge in [-0.15, -0.1) is 0 Å². The third kappa shape index (κ3) is 1.60. The molecule has 0 bridgehead atoms. The maximum absolute atomic E-state index is 4.71. The molecule has 0 aliphatic heterocycles. The first-order valence-electron chi connectivity index (χ1n) is 6.31. The van der Waals surface area contributed by atoms with Crippen molar-refractivity contribution in [3.8, 4) is 16.9 Å². The van der Waals surface area contributed by atoms with Crippen molar-refractivity contribution in [1.82, 2.24) is 25.0 Å². The predicted molar refractivity (Wildman–Crippen MR) is 76.4 cm³/mol. The van der Waals surface area contributed by atoms with Gasteiger partial charge in [0.05, 0.1) is 17.3 Å². The van der Waals surface area contributed by atoms with E-state index in [4.69, 9.17) is 5.10 Å². The molecule has 3 aromatic heterocycles. The lowest BCUT2D eigenvalue weighted by molar-refractivity contribution is 0.886. The first kappa shape index (κ1) is 10.9. The molecule has 0 radical (unpaired) electrons. The lowest BCUT2D eigenvalue weighted by Crippen LogP contribution is -1.97. The van der Waals surface area contributed by atoms with Crippen molar-refractivity contribution in [2.24, 2.45) is 0 Å². The van der Waals surface area contributed by atoms with Crippen LogP contribution in [-0.4, -0.2) is 25.0 Å². The molecule has 4 rings (SSSR count). The van der Waals surface area contributed by atoms with Gasteiger partial charge >= 0.3 is 0 Å². The number of para-hydroxylation sites is 1. The molecule has 1 N–H and O–H groups in total. The predicted octanol–water partition coefficient (Wildman–Crippen LogP) is 2.81. The lowest BCUT2D eigenvalue weighted by Gasteiger charge is -2.01. The van der Waals surface area contributed by atoms with Crippen LogP contribution in [0.4, 0.5) is 0 Å². The van der Waals surface area contributed by atoms with E-state index < -0.39 is 0 Å². The normalized spacial score (nSPS) is 11.0. The Hall–Kier alpha value is -2.95. The number of hydrogen-bond donors (Lipinski definition) is 1. The Bertz CT molecular complexity index is 777. The van der Waals surface area contributed by atoms with Gasteiger partial charge in [0.15, 0.2) is 5.65 Å². The van der Waals surface area contributed by atoms with Crippen LogP contribution >= 0.6 is 0 Å². The minimum absolute atomic E-state index is 0.892. The van der Waals surface area contributed by atoms with Crippen LogP contribution in [-0.2, 0) is 0 Å². The fraction of sp³-hybridized carbons (Fsp3) is 0. The van der Waals surface area contributed by atoms with E-state index in [0.29, 0.717) is 0 Å². The van der Waals surface area contributed by atoms with E-state index in [0.717, 1.165) is 28.0 Å². The van der Waals surface area contributed by atoms with E-state index >= 15 is 0 Å². The number of hydrogen-bond acceptors (Lipinski definition) is 3. The van der Waals surface area contributed by atoms with Crippen molar-refractivity contribution in [2.45, 2.75) is 0 Å². The average molecular weight is 261 g/mol. The summed E-state index contributed by atoms with van der Waals surface area (Å²) in [5.74, 6) is 0. The second kappa shape index (κ2) is 4.31. The van der Waals surface area contributed by atoms with Gasteiger partial charge in [-0.05, 0) is 24.3 Å². The van der Waals surface area contributed by atoms with Crippen molar-refractivity contribution < 1.29 is 0 Å². The zero-order chi connectivity index (χ0) is 13.4. The van der Waals surface area contributed by atoms with Crippen LogP contribution in [0.25, 0.3) is 28.0 Å². The Morgan fingerprint density at radius 3 is 2.55 bits per heavy atom. The van der Waals surface area contributed by atoms with Crippen LogP contribution in [0.5, 0.6) is 0 Å². The number of nitrogens with one attached hydrogen (secondary N) is 1. The van der Waals surface area contributed by atoms with Gasteiger partial charge in [-0.3, -0.25) is 10.1 Å². The van der Waals surface area contributed by atoms with Crippen LogP contribution in [0, 0.1) is 0 Å². The average Bonchev–Trinajstić information content (AvgIpc) is 3.11. The summed E-state index contributed by atoms with van der Waals surface area (Å²) in [6.07, 6.45) is 5.34. The van der Waals surface area contributed by atoms with Gasteiger partial charge in [-0.2, -0.15) is 10.2 Å². The van der Waals surface area contributed by atoms with Crippen LogP contribution < -0.4 is 0 Å². The third-order valence-electron chi connectivity index (χ3n) is 3.24. The van der Waals surface area contributed by atoms with Crippen LogP contribution in [0.3, 0.4) is 0 Å². The number of rotatable bonds is 2. The Morgan fingerprint density at radius 1 is 0.950 bits per heavy atom. The summed E-state index contributed by atoms with van der Waals surface area (Å²) in [7, 11) is 0. The Labute approximate surface area is 114 Å². The van der Waals surface area contributed by atoms with Gasteiger partial charge in [0.1, 0.15) is 5.69 Å². The van der Waals surface area contributed by atoms with Crippen molar-refractivity contribution in [2.75, 3.05) is 0 Å². The van der Waals surface area contributed by atoms with Crippen LogP contribution in [0.15, 0.2) is 61.1 Å². The van der Waals surface area contributed by atoms with Gasteiger partial charge in [-0.25, -0.2) is 4.68 Å². The maximum Gasteiger partial charge on any atom is 0.159 e. The largest absolute Gasteiger partial charge is 0.265 e. The summed E-state index contributed by atoms with van der Waals surface area (Å²) in [6.45, 7) is 0. The van der Waals surface area contributed by atoms with E-state index in [1.165, 1.54) is 0 Å². The molecule has 0 aliphatic rings. The molecule has 0 aliphatic carbocycles. The van der Waals surface area contributed by atoms with Crippen molar-refractivity contribution in [1.29, 1.82) is 0 Å². The summed E-state index contributed by atoms with van der Waals surface area (Å²) in [4.78, 5) is 4.05. The number of H-pyrrole nitrogens is 1. The molecule has 5 nitrogen and oxygen atoms in total. The van der Waals surface area contributed by atoms with Crippen molar-refractivity contribution >= 4 is 11.0 Å². The van der Waals surface area contributed by atoms with Gasteiger partial charge in [-0.1, -0.05) is 18.2 Å². The minimum Gasteiger partial charge on any atom is -0.265 e. The molecule has 96 valence electrons. The molecule has 0 saturated heterocycles. The highest BCUT2D eigenvalue weighted by molar-refractivity contribution is 5.91. The quantitative estimate of drug-likeness (QED) is 0.603. The first-order valence-corrected chi connectivity index (χ1v) is 6.31. The lowest BCUT2D eigenvalue weighted by atomic mass is 10.1. The molecule has 0 amide bonds. The van der Waals surface area contributed by atoms with E-state index in [2.05, 4.69) is 15.2 Å². The van der Waals surface area contributed by atoms with Gasteiger partial charge < -0.3 is 0 Å². The smallest absolute Gasteiger partial charge is 0.159 e. The standard InChI is InChI=1S/C15H11N5/c1-2-4-12(5-3-1)20-15-13(10-17-18-15)14(19-20)11-6-8-16-9-7-11/h1-10H,(H,17,18). The summed E-state index contributed by atoms with van der Waals surface area (Å²) in [5.41, 5.74) is 3.83. The van der Waals surface area contributed by atoms with E-state index in [9.17, 15) is 0 Å². The molecule has 0 unspecified atom stereocenters. The molecular weight excluding hydrogens is 250 g/mol. The Morgan fingerprint density at radius 2 is 1.75 bits per heavy atom. The number of aromatic nitrogens is 5. The van der Waals surface area contributed by atoms with E-state index in [1.54, 1.807) is 18.6 Å². The number of fused-ring (bicyclic) bond motifs is 1. The number of benzene rings is 1. The third-order valence-corrected chi connectivity index (χ3v) is 3.24. The minimum atomic E-state index is 0.892. The molecule has 5 heteroatoms. The number of nitrogens with zero attached hydrogens (tertiary/aromatic N) is 4. The highest BCUT2D eigenvalue weighted by atomic mass is 15.3. The molecule has 4 aromatic rings. The molecule has 1 aromatic carbocycles. The molecule has 20 heavy (non-hydrogen) atoms. The van der Waals surface area contributed by atoms with Crippen molar-refractivity contribution in [3.05, 3.63) is 61.1 Å². The summed E-state index contributed by atoms with van der Waals surface area (Å²) < 4.78 is 1.87. The van der Waals surface area contributed by atoms with Gasteiger partial charge in [0.25, 0.3) is 0 Å².